The number of aromatic nitrogens is 4. The average molecular weight is 385 g/mol. The highest BCUT2D eigenvalue weighted by Gasteiger charge is 2.48. The Hall–Kier alpha value is -2.96. The van der Waals surface area contributed by atoms with Gasteiger partial charge in [-0.1, -0.05) is 18.2 Å². The lowest BCUT2D eigenvalue weighted by Crippen LogP contribution is -2.55. The Labute approximate surface area is 159 Å². The molecule has 0 bridgehead atoms. The summed E-state index contributed by atoms with van der Waals surface area (Å²) in [5.74, 6) is -0.107. The molecule has 4 rings (SSSR count). The molecule has 28 heavy (non-hydrogen) atoms. The van der Waals surface area contributed by atoms with Crippen molar-refractivity contribution in [1.82, 2.24) is 19.5 Å². The number of amides is 1. The number of aliphatic hydroxyl groups excluding tert-OH is 1. The molecule has 0 saturated carbocycles. The molecule has 2 aromatic heterocycles. The third-order valence-electron chi connectivity index (χ3n) is 4.55. The largest absolute Gasteiger partial charge is 0.376 e. The smallest absolute Gasteiger partial charge is 0.256 e. The number of hydrogen-bond donors (Lipinski definition) is 5. The van der Waals surface area contributed by atoms with Gasteiger partial charge in [-0.3, -0.25) is 9.36 Å². The number of carbonyl (C=O) groups is 1. The van der Waals surface area contributed by atoms with Crippen molar-refractivity contribution in [3.8, 4) is 0 Å². The number of anilines is 1. The minimum absolute atomic E-state index is 0.0346. The van der Waals surface area contributed by atoms with Crippen LogP contribution < -0.4 is 16.8 Å². The van der Waals surface area contributed by atoms with Gasteiger partial charge in [-0.15, -0.1) is 0 Å². The number of nitrogens with one attached hydrogen (secondary N) is 1. The monoisotopic (exact) mass is 385 g/mol. The van der Waals surface area contributed by atoms with Gasteiger partial charge in [0.25, 0.3) is 5.91 Å². The summed E-state index contributed by atoms with van der Waals surface area (Å²) in [6.45, 7) is 0. The van der Waals surface area contributed by atoms with E-state index in [0.29, 0.717) is 16.7 Å². The standard InChI is InChI=1S/C17H19N7O4/c18-13(25)12-17(19,27)6-10(28-12)24-8-22-11-14(20-7-21-15(11)24)23-16(26)9-4-2-1-3-5-9/h1-5,7-8,10,12-13,25,27H,6,18-19H2,(H,20,21,23,26)/t10-,12-,13?,17+/m1/s1. The molecule has 4 atom stereocenters. The third kappa shape index (κ3) is 3.21. The number of hydrogen-bond acceptors (Lipinski definition) is 9. The molecule has 0 spiro atoms. The van der Waals surface area contributed by atoms with Crippen molar-refractivity contribution in [2.45, 2.75) is 30.7 Å². The Morgan fingerprint density at radius 2 is 2.07 bits per heavy atom. The van der Waals surface area contributed by atoms with E-state index in [1.54, 1.807) is 24.3 Å². The molecule has 1 amide bonds. The first-order valence-electron chi connectivity index (χ1n) is 8.51. The maximum absolute atomic E-state index is 12.4. The van der Waals surface area contributed by atoms with Crippen LogP contribution in [0.4, 0.5) is 5.82 Å². The van der Waals surface area contributed by atoms with Crippen LogP contribution in [0.2, 0.25) is 0 Å². The Morgan fingerprint density at radius 3 is 2.75 bits per heavy atom. The first kappa shape index (κ1) is 18.4. The zero-order valence-corrected chi connectivity index (χ0v) is 14.6. The number of benzene rings is 1. The zero-order chi connectivity index (χ0) is 19.9. The minimum Gasteiger partial charge on any atom is -0.376 e. The van der Waals surface area contributed by atoms with Gasteiger partial charge in [0.15, 0.2) is 17.0 Å². The van der Waals surface area contributed by atoms with Gasteiger partial charge in [0.2, 0.25) is 0 Å². The predicted molar refractivity (Wildman–Crippen MR) is 97.6 cm³/mol. The Balaban J connectivity index is 1.64. The van der Waals surface area contributed by atoms with E-state index in [1.165, 1.54) is 17.2 Å². The fraction of sp³-hybridized carbons (Fsp3) is 0.294. The minimum atomic E-state index is -1.81. The predicted octanol–water partition coefficient (Wildman–Crippen LogP) is -0.710. The van der Waals surface area contributed by atoms with E-state index in [-0.39, 0.29) is 18.1 Å². The molecule has 11 nitrogen and oxygen atoms in total. The molecule has 146 valence electrons. The summed E-state index contributed by atoms with van der Waals surface area (Å²) in [5.41, 5.74) is 10.6. The molecule has 3 heterocycles. The molecular weight excluding hydrogens is 366 g/mol. The second-order valence-corrected chi connectivity index (χ2v) is 6.56. The van der Waals surface area contributed by atoms with Gasteiger partial charge in [0.1, 0.15) is 30.6 Å². The van der Waals surface area contributed by atoms with Crippen LogP contribution in [0.25, 0.3) is 11.2 Å². The van der Waals surface area contributed by atoms with Gasteiger partial charge in [-0.2, -0.15) is 0 Å². The van der Waals surface area contributed by atoms with Gasteiger partial charge in [0.05, 0.1) is 6.33 Å². The third-order valence-corrected chi connectivity index (χ3v) is 4.55. The fourth-order valence-electron chi connectivity index (χ4n) is 3.19. The van der Waals surface area contributed by atoms with E-state index in [0.717, 1.165) is 0 Å². The molecule has 11 heteroatoms. The van der Waals surface area contributed by atoms with Crippen LogP contribution >= 0.6 is 0 Å². The molecule has 1 saturated heterocycles. The topological polar surface area (TPSA) is 174 Å². The van der Waals surface area contributed by atoms with Crippen molar-refractivity contribution in [3.63, 3.8) is 0 Å². The van der Waals surface area contributed by atoms with Gasteiger partial charge >= 0.3 is 0 Å². The summed E-state index contributed by atoms with van der Waals surface area (Å²) in [5, 5.41) is 22.5. The van der Waals surface area contributed by atoms with E-state index in [9.17, 15) is 15.0 Å². The highest BCUT2D eigenvalue weighted by atomic mass is 16.6. The first-order valence-corrected chi connectivity index (χ1v) is 8.51. The highest BCUT2D eigenvalue weighted by Crippen LogP contribution is 2.36. The summed E-state index contributed by atoms with van der Waals surface area (Å²) in [6.07, 6.45) is -0.702. The molecule has 3 aromatic rings. The molecular formula is C17H19N7O4. The van der Waals surface area contributed by atoms with E-state index in [2.05, 4.69) is 20.3 Å². The van der Waals surface area contributed by atoms with Crippen molar-refractivity contribution in [2.24, 2.45) is 11.5 Å². The van der Waals surface area contributed by atoms with Gasteiger partial charge in [-0.05, 0) is 12.1 Å². The van der Waals surface area contributed by atoms with Gasteiger partial charge in [0, 0.05) is 12.0 Å². The van der Waals surface area contributed by atoms with Crippen LogP contribution in [0, 0.1) is 0 Å². The lowest BCUT2D eigenvalue weighted by Gasteiger charge is -2.24. The molecule has 0 aliphatic carbocycles. The number of nitrogens with zero attached hydrogens (tertiary/aromatic N) is 4. The fourth-order valence-corrected chi connectivity index (χ4v) is 3.19. The quantitative estimate of drug-likeness (QED) is 0.363. The van der Waals surface area contributed by atoms with Crippen LogP contribution in [-0.4, -0.2) is 53.7 Å². The lowest BCUT2D eigenvalue weighted by molar-refractivity contribution is -0.111. The van der Waals surface area contributed by atoms with Crippen molar-refractivity contribution in [3.05, 3.63) is 48.5 Å². The number of imidazole rings is 1. The van der Waals surface area contributed by atoms with Crippen LogP contribution in [-0.2, 0) is 4.74 Å². The number of ether oxygens (including phenoxy) is 1. The summed E-state index contributed by atoms with van der Waals surface area (Å²) in [7, 11) is 0. The second kappa shape index (κ2) is 6.89. The molecule has 1 unspecified atom stereocenters. The van der Waals surface area contributed by atoms with Crippen LogP contribution in [0.3, 0.4) is 0 Å². The van der Waals surface area contributed by atoms with Crippen molar-refractivity contribution in [1.29, 1.82) is 0 Å². The number of aliphatic hydroxyl groups is 2. The average Bonchev–Trinajstić information content (AvgIpc) is 3.23. The Kier molecular flexibility index (Phi) is 4.53. The van der Waals surface area contributed by atoms with E-state index >= 15 is 0 Å². The van der Waals surface area contributed by atoms with Crippen LogP contribution in [0.1, 0.15) is 23.0 Å². The molecule has 7 N–H and O–H groups in total. The summed E-state index contributed by atoms with van der Waals surface area (Å²) in [4.78, 5) is 24.9. The molecule has 1 aromatic carbocycles. The van der Waals surface area contributed by atoms with Crippen molar-refractivity contribution < 1.29 is 19.7 Å². The summed E-state index contributed by atoms with van der Waals surface area (Å²) >= 11 is 0. The molecule has 1 aliphatic heterocycles. The first-order chi connectivity index (χ1) is 13.4. The van der Waals surface area contributed by atoms with Crippen LogP contribution in [0.5, 0.6) is 0 Å². The normalized spacial score (nSPS) is 25.7. The highest BCUT2D eigenvalue weighted by molar-refractivity contribution is 6.06. The van der Waals surface area contributed by atoms with E-state index in [1.807, 2.05) is 6.07 Å². The molecule has 0 radical (unpaired) electrons. The van der Waals surface area contributed by atoms with Crippen molar-refractivity contribution >= 4 is 22.9 Å². The Bertz CT molecular complexity index is 1010. The number of fused-ring (bicyclic) bond motifs is 1. The van der Waals surface area contributed by atoms with Gasteiger partial charge in [-0.25, -0.2) is 15.0 Å². The van der Waals surface area contributed by atoms with E-state index < -0.39 is 24.3 Å². The molecule has 1 fully saturated rings. The number of carbonyl (C=O) groups excluding carboxylic acids is 1. The van der Waals surface area contributed by atoms with E-state index in [4.69, 9.17) is 16.2 Å². The Morgan fingerprint density at radius 1 is 1.32 bits per heavy atom. The number of nitrogens with two attached hydrogens (primary N) is 2. The summed E-state index contributed by atoms with van der Waals surface area (Å²) < 4.78 is 7.14. The van der Waals surface area contributed by atoms with Crippen LogP contribution in [0.15, 0.2) is 43.0 Å². The SMILES string of the molecule is NC(O)[C@H]1O[C@@H](n2cnc3c(NC(=O)c4ccccc4)ncnc32)C[C@]1(N)O. The molecule has 1 aliphatic rings. The maximum atomic E-state index is 12.4. The van der Waals surface area contributed by atoms with Gasteiger partial charge < -0.3 is 31.7 Å². The summed E-state index contributed by atoms with van der Waals surface area (Å²) in [6, 6.07) is 8.69. The number of rotatable bonds is 4. The maximum Gasteiger partial charge on any atom is 0.256 e. The van der Waals surface area contributed by atoms with Crippen molar-refractivity contribution in [2.75, 3.05) is 5.32 Å². The second-order valence-electron chi connectivity index (χ2n) is 6.56. The zero-order valence-electron chi connectivity index (χ0n) is 14.6. The lowest BCUT2D eigenvalue weighted by atomic mass is 10.1.